The summed E-state index contributed by atoms with van der Waals surface area (Å²) in [5.74, 6) is -0.0224. The van der Waals surface area contributed by atoms with E-state index in [1.165, 1.54) is 6.07 Å². The van der Waals surface area contributed by atoms with Gasteiger partial charge in [0.05, 0.1) is 16.5 Å². The number of aryl methyl sites for hydroxylation is 1. The molecule has 0 aliphatic carbocycles. The Morgan fingerprint density at radius 1 is 1.14 bits per heavy atom. The molecule has 0 saturated heterocycles. The number of hydrogen-bond acceptors (Lipinski definition) is 4. The molecule has 0 radical (unpaired) electrons. The second-order valence-corrected chi connectivity index (χ2v) is 5.90. The number of hydrogen-bond donors (Lipinski definition) is 1. The average molecular weight is 391 g/mol. The van der Waals surface area contributed by atoms with Gasteiger partial charge in [0.25, 0.3) is 5.56 Å². The van der Waals surface area contributed by atoms with Crippen molar-refractivity contribution in [2.75, 3.05) is 5.43 Å². The van der Waals surface area contributed by atoms with Crippen molar-refractivity contribution < 1.29 is 22.7 Å². The van der Waals surface area contributed by atoms with Crippen LogP contribution in [0.1, 0.15) is 23.9 Å². The summed E-state index contributed by atoms with van der Waals surface area (Å²) in [7, 11) is 0. The highest BCUT2D eigenvalue weighted by Crippen LogP contribution is 2.33. The topological polar surface area (TPSA) is 73.2 Å². The summed E-state index contributed by atoms with van der Waals surface area (Å²) in [6, 6.07) is 12.1. The predicted molar refractivity (Wildman–Crippen MR) is 96.4 cm³/mol. The molecule has 0 unspecified atom stereocenters. The van der Waals surface area contributed by atoms with E-state index in [-0.39, 0.29) is 24.2 Å². The van der Waals surface area contributed by atoms with Crippen LogP contribution in [0.2, 0.25) is 0 Å². The number of carbonyl (C=O) groups excluding carboxylic acids is 1. The van der Waals surface area contributed by atoms with Gasteiger partial charge in [-0.25, -0.2) is 15.2 Å². The molecule has 0 spiro atoms. The maximum atomic E-state index is 13.2. The third-order valence-corrected chi connectivity index (χ3v) is 4.01. The second-order valence-electron chi connectivity index (χ2n) is 5.90. The summed E-state index contributed by atoms with van der Waals surface area (Å²) in [6.07, 6.45) is -5.46. The lowest BCUT2D eigenvalue weighted by Crippen LogP contribution is -2.36. The third kappa shape index (κ3) is 3.98. The first-order valence-corrected chi connectivity index (χ1v) is 8.40. The van der Waals surface area contributed by atoms with E-state index in [9.17, 15) is 22.8 Å². The van der Waals surface area contributed by atoms with Crippen LogP contribution in [0.3, 0.4) is 0 Å². The summed E-state index contributed by atoms with van der Waals surface area (Å²) in [6.45, 7) is 1.58. The van der Waals surface area contributed by atoms with Gasteiger partial charge in [-0.3, -0.25) is 4.79 Å². The summed E-state index contributed by atoms with van der Waals surface area (Å²) in [5.41, 5.74) is 0.722. The van der Waals surface area contributed by atoms with Crippen LogP contribution in [0.15, 0.2) is 53.3 Å². The van der Waals surface area contributed by atoms with Crippen LogP contribution in [0.4, 0.5) is 18.0 Å². The van der Waals surface area contributed by atoms with Gasteiger partial charge in [0, 0.05) is 6.42 Å². The van der Waals surface area contributed by atoms with Crippen LogP contribution in [0, 0.1) is 0 Å². The lowest BCUT2D eigenvalue weighted by molar-refractivity contribution is -0.136. The summed E-state index contributed by atoms with van der Waals surface area (Å²) >= 11 is 0. The van der Waals surface area contributed by atoms with Crippen molar-refractivity contribution in [1.29, 1.82) is 0 Å². The van der Waals surface area contributed by atoms with Crippen LogP contribution in [-0.4, -0.2) is 15.8 Å². The summed E-state index contributed by atoms with van der Waals surface area (Å²) in [5, 5.41) is -0.254. The average Bonchev–Trinajstić information content (AvgIpc) is 2.68. The number of alkyl halides is 3. The van der Waals surface area contributed by atoms with Crippen molar-refractivity contribution in [1.82, 2.24) is 9.66 Å². The molecule has 0 saturated carbocycles. The van der Waals surface area contributed by atoms with Gasteiger partial charge in [0.15, 0.2) is 0 Å². The molecule has 1 heterocycles. The third-order valence-electron chi connectivity index (χ3n) is 4.01. The Labute approximate surface area is 157 Å². The Kier molecular flexibility index (Phi) is 5.34. The van der Waals surface area contributed by atoms with Gasteiger partial charge >= 0.3 is 12.3 Å². The van der Waals surface area contributed by atoms with Gasteiger partial charge in [-0.1, -0.05) is 43.3 Å². The molecule has 1 aromatic heterocycles. The molecule has 28 heavy (non-hydrogen) atoms. The number of para-hydroxylation sites is 1. The number of aromatic nitrogens is 2. The van der Waals surface area contributed by atoms with Crippen molar-refractivity contribution in [2.45, 2.75) is 26.1 Å². The monoisotopic (exact) mass is 391 g/mol. The molecule has 1 N–H and O–H groups in total. The van der Waals surface area contributed by atoms with Gasteiger partial charge in [-0.2, -0.15) is 17.8 Å². The van der Waals surface area contributed by atoms with Gasteiger partial charge in [0.2, 0.25) is 0 Å². The van der Waals surface area contributed by atoms with E-state index < -0.39 is 28.9 Å². The number of halogens is 3. The minimum atomic E-state index is -4.65. The molecule has 0 bridgehead atoms. The van der Waals surface area contributed by atoms with E-state index in [0.29, 0.717) is 0 Å². The predicted octanol–water partition coefficient (Wildman–Crippen LogP) is 3.86. The molecule has 3 aromatic rings. The number of benzene rings is 2. The van der Waals surface area contributed by atoms with Gasteiger partial charge < -0.3 is 4.74 Å². The lowest BCUT2D eigenvalue weighted by atomic mass is 10.1. The SMILES string of the molecule is CCc1nc2c(C(F)(F)F)cccc2c(=O)n1NC(=O)OCc1ccccc1. The molecule has 3 rings (SSSR count). The van der Waals surface area contributed by atoms with Crippen LogP contribution in [0.25, 0.3) is 10.9 Å². The zero-order chi connectivity index (χ0) is 20.3. The van der Waals surface area contributed by atoms with Crippen molar-refractivity contribution in [2.24, 2.45) is 0 Å². The first-order chi connectivity index (χ1) is 13.3. The molecule has 0 fully saturated rings. The van der Waals surface area contributed by atoms with Crippen molar-refractivity contribution >= 4 is 17.0 Å². The number of carbonyl (C=O) groups is 1. The Bertz CT molecular complexity index is 1060. The molecular formula is C19H16F3N3O3. The highest BCUT2D eigenvalue weighted by atomic mass is 19.4. The minimum absolute atomic E-state index is 0.0224. The molecule has 1 amide bonds. The van der Waals surface area contributed by atoms with Crippen molar-refractivity contribution in [3.63, 3.8) is 0 Å². The fraction of sp³-hybridized carbons (Fsp3) is 0.211. The highest BCUT2D eigenvalue weighted by molar-refractivity contribution is 5.82. The molecule has 0 atom stereocenters. The summed E-state index contributed by atoms with van der Waals surface area (Å²) < 4.78 is 45.5. The van der Waals surface area contributed by atoms with Crippen molar-refractivity contribution in [3.05, 3.63) is 75.8 Å². The highest BCUT2D eigenvalue weighted by Gasteiger charge is 2.34. The van der Waals surface area contributed by atoms with Crippen LogP contribution < -0.4 is 11.0 Å². The number of nitrogens with one attached hydrogen (secondary N) is 1. The fourth-order valence-corrected chi connectivity index (χ4v) is 2.68. The van der Waals surface area contributed by atoms with Crippen LogP contribution in [-0.2, 0) is 23.9 Å². The van der Waals surface area contributed by atoms with E-state index in [4.69, 9.17) is 4.74 Å². The largest absolute Gasteiger partial charge is 0.443 e. The smallest absolute Gasteiger partial charge is 0.426 e. The first-order valence-electron chi connectivity index (χ1n) is 8.40. The van der Waals surface area contributed by atoms with E-state index in [1.807, 2.05) is 6.07 Å². The van der Waals surface area contributed by atoms with Gasteiger partial charge in [0.1, 0.15) is 12.4 Å². The quantitative estimate of drug-likeness (QED) is 0.733. The zero-order valence-electron chi connectivity index (χ0n) is 14.8. The second kappa shape index (κ2) is 7.71. The molecule has 6 nitrogen and oxygen atoms in total. The molecule has 0 aliphatic rings. The number of ether oxygens (including phenoxy) is 1. The molecule has 9 heteroatoms. The molecule has 2 aromatic carbocycles. The van der Waals surface area contributed by atoms with E-state index in [0.717, 1.165) is 22.4 Å². The van der Waals surface area contributed by atoms with Gasteiger partial charge in [-0.15, -0.1) is 0 Å². The van der Waals surface area contributed by atoms with E-state index in [2.05, 4.69) is 10.4 Å². The Morgan fingerprint density at radius 3 is 2.50 bits per heavy atom. The Balaban J connectivity index is 1.94. The molecular weight excluding hydrogens is 375 g/mol. The van der Waals surface area contributed by atoms with Crippen molar-refractivity contribution in [3.8, 4) is 0 Å². The van der Waals surface area contributed by atoms with Crippen LogP contribution in [0.5, 0.6) is 0 Å². The Morgan fingerprint density at radius 2 is 1.86 bits per heavy atom. The fourth-order valence-electron chi connectivity index (χ4n) is 2.68. The van der Waals surface area contributed by atoms with Gasteiger partial charge in [-0.05, 0) is 17.7 Å². The van der Waals surface area contributed by atoms with E-state index >= 15 is 0 Å². The molecule has 0 aliphatic heterocycles. The maximum absolute atomic E-state index is 13.2. The first kappa shape index (κ1) is 19.4. The molecule has 146 valence electrons. The lowest BCUT2D eigenvalue weighted by Gasteiger charge is -2.15. The number of rotatable bonds is 4. The Hall–Kier alpha value is -3.36. The number of amides is 1. The minimum Gasteiger partial charge on any atom is -0.443 e. The summed E-state index contributed by atoms with van der Waals surface area (Å²) in [4.78, 5) is 28.7. The normalized spacial score (nSPS) is 11.4. The van der Waals surface area contributed by atoms with E-state index in [1.54, 1.807) is 31.2 Å². The maximum Gasteiger partial charge on any atom is 0.426 e. The number of fused-ring (bicyclic) bond motifs is 1. The zero-order valence-corrected chi connectivity index (χ0v) is 14.8. The number of nitrogens with zero attached hydrogens (tertiary/aromatic N) is 2. The standard InChI is InChI=1S/C19H16F3N3O3/c1-2-15-23-16-13(9-6-10-14(16)19(20,21)22)17(26)25(15)24-18(27)28-11-12-7-4-3-5-8-12/h3-10H,2,11H2,1H3,(H,24,27). The van der Waals surface area contributed by atoms with Crippen LogP contribution >= 0.6 is 0 Å².